The highest BCUT2D eigenvalue weighted by Crippen LogP contribution is 2.27. The number of ether oxygens (including phenoxy) is 2. The predicted octanol–water partition coefficient (Wildman–Crippen LogP) is -0.945. The fraction of sp³-hybridized carbons (Fsp3) is 0.800. The van der Waals surface area contributed by atoms with Crippen LogP contribution in [0.15, 0.2) is 0 Å². The van der Waals surface area contributed by atoms with Crippen molar-refractivity contribution in [2.24, 2.45) is 0 Å². The standard InChI is InChI=1S/C10H17NO7S/c1-10(18-5-8(12)13)6-11(7-10)19(15,16)4-3-9(14)17-2/h3-7H2,1-2H3,(H,12,13). The molecule has 19 heavy (non-hydrogen) atoms. The van der Waals surface area contributed by atoms with E-state index in [1.807, 2.05) is 0 Å². The van der Waals surface area contributed by atoms with Crippen LogP contribution in [0.1, 0.15) is 13.3 Å². The first kappa shape index (κ1) is 15.9. The minimum Gasteiger partial charge on any atom is -0.480 e. The Balaban J connectivity index is 2.43. The smallest absolute Gasteiger partial charge is 0.329 e. The molecule has 0 amide bonds. The van der Waals surface area contributed by atoms with E-state index >= 15 is 0 Å². The zero-order valence-corrected chi connectivity index (χ0v) is 11.6. The third-order valence-corrected chi connectivity index (χ3v) is 4.52. The Hall–Kier alpha value is -1.19. The molecular weight excluding hydrogens is 278 g/mol. The number of carboxylic acid groups (broad SMARTS) is 1. The lowest BCUT2D eigenvalue weighted by atomic mass is 10.0. The van der Waals surface area contributed by atoms with Crippen molar-refractivity contribution in [3.63, 3.8) is 0 Å². The van der Waals surface area contributed by atoms with Crippen LogP contribution < -0.4 is 0 Å². The van der Waals surface area contributed by atoms with Gasteiger partial charge >= 0.3 is 11.9 Å². The zero-order valence-electron chi connectivity index (χ0n) is 10.8. The molecule has 0 aromatic heterocycles. The summed E-state index contributed by atoms with van der Waals surface area (Å²) in [4.78, 5) is 21.3. The molecule has 0 saturated carbocycles. The summed E-state index contributed by atoms with van der Waals surface area (Å²) >= 11 is 0. The zero-order chi connectivity index (χ0) is 14.7. The first-order chi connectivity index (χ1) is 8.68. The van der Waals surface area contributed by atoms with Crippen LogP contribution >= 0.6 is 0 Å². The van der Waals surface area contributed by atoms with Crippen LogP contribution in [0.3, 0.4) is 0 Å². The number of aliphatic carboxylic acids is 1. The maximum atomic E-state index is 11.8. The molecule has 1 heterocycles. The van der Waals surface area contributed by atoms with E-state index in [4.69, 9.17) is 9.84 Å². The van der Waals surface area contributed by atoms with Gasteiger partial charge in [0.2, 0.25) is 10.0 Å². The van der Waals surface area contributed by atoms with E-state index in [9.17, 15) is 18.0 Å². The second-order valence-electron chi connectivity index (χ2n) is 4.54. The van der Waals surface area contributed by atoms with Crippen LogP contribution in [-0.4, -0.2) is 67.9 Å². The molecule has 1 rings (SSSR count). The largest absolute Gasteiger partial charge is 0.480 e. The van der Waals surface area contributed by atoms with E-state index in [2.05, 4.69) is 4.74 Å². The van der Waals surface area contributed by atoms with E-state index < -0.39 is 34.2 Å². The van der Waals surface area contributed by atoms with Crippen molar-refractivity contribution in [1.82, 2.24) is 4.31 Å². The number of carboxylic acids is 1. The summed E-state index contributed by atoms with van der Waals surface area (Å²) in [5, 5.41) is 8.49. The van der Waals surface area contributed by atoms with Gasteiger partial charge in [0.05, 0.1) is 24.9 Å². The average molecular weight is 295 g/mol. The number of carbonyl (C=O) groups is 2. The first-order valence-corrected chi connectivity index (χ1v) is 7.20. The predicted molar refractivity (Wildman–Crippen MR) is 64.0 cm³/mol. The van der Waals surface area contributed by atoms with Crippen LogP contribution in [-0.2, 0) is 29.1 Å². The molecule has 1 N–H and O–H groups in total. The summed E-state index contributed by atoms with van der Waals surface area (Å²) in [6, 6.07) is 0. The fourth-order valence-corrected chi connectivity index (χ4v) is 3.29. The molecule has 110 valence electrons. The molecule has 1 fully saturated rings. The van der Waals surface area contributed by atoms with Gasteiger partial charge in [-0.1, -0.05) is 0 Å². The van der Waals surface area contributed by atoms with Crippen LogP contribution in [0.4, 0.5) is 0 Å². The van der Waals surface area contributed by atoms with Crippen molar-refractivity contribution in [3.8, 4) is 0 Å². The Bertz CT molecular complexity index is 452. The monoisotopic (exact) mass is 295 g/mol. The van der Waals surface area contributed by atoms with Gasteiger partial charge in [0.25, 0.3) is 0 Å². The Morgan fingerprint density at radius 2 is 1.95 bits per heavy atom. The number of rotatable bonds is 7. The van der Waals surface area contributed by atoms with Crippen molar-refractivity contribution in [1.29, 1.82) is 0 Å². The Labute approximate surface area is 111 Å². The number of carbonyl (C=O) groups excluding carboxylic acids is 1. The van der Waals surface area contributed by atoms with Gasteiger partial charge in [-0.2, -0.15) is 4.31 Å². The molecule has 0 unspecified atom stereocenters. The van der Waals surface area contributed by atoms with Gasteiger partial charge < -0.3 is 14.6 Å². The van der Waals surface area contributed by atoms with Crippen molar-refractivity contribution in [2.45, 2.75) is 18.9 Å². The van der Waals surface area contributed by atoms with Gasteiger partial charge in [0.15, 0.2) is 0 Å². The topological polar surface area (TPSA) is 110 Å². The number of nitrogens with zero attached hydrogens (tertiary/aromatic N) is 1. The summed E-state index contributed by atoms with van der Waals surface area (Å²) in [6.45, 7) is 1.35. The Morgan fingerprint density at radius 1 is 1.37 bits per heavy atom. The third kappa shape index (κ3) is 4.44. The van der Waals surface area contributed by atoms with Gasteiger partial charge in [0, 0.05) is 13.1 Å². The molecule has 9 heteroatoms. The Morgan fingerprint density at radius 3 is 2.42 bits per heavy atom. The maximum absolute atomic E-state index is 11.8. The highest BCUT2D eigenvalue weighted by Gasteiger charge is 2.45. The lowest BCUT2D eigenvalue weighted by Crippen LogP contribution is -2.63. The molecule has 0 radical (unpaired) electrons. The number of methoxy groups -OCH3 is 1. The third-order valence-electron chi connectivity index (χ3n) is 2.75. The van der Waals surface area contributed by atoms with Crippen LogP contribution in [0, 0.1) is 0 Å². The van der Waals surface area contributed by atoms with Gasteiger partial charge in [-0.05, 0) is 6.92 Å². The molecule has 0 aromatic rings. The quantitative estimate of drug-likeness (QED) is 0.603. The molecule has 1 saturated heterocycles. The normalized spacial score (nSPS) is 18.6. The maximum Gasteiger partial charge on any atom is 0.329 e. The van der Waals surface area contributed by atoms with E-state index in [0.717, 1.165) is 4.31 Å². The van der Waals surface area contributed by atoms with E-state index in [0.29, 0.717) is 0 Å². The van der Waals surface area contributed by atoms with Gasteiger partial charge in [-0.3, -0.25) is 4.79 Å². The SMILES string of the molecule is COC(=O)CCS(=O)(=O)N1CC(C)(OCC(=O)O)C1. The second-order valence-corrected chi connectivity index (χ2v) is 6.63. The number of hydrogen-bond acceptors (Lipinski definition) is 6. The molecule has 8 nitrogen and oxygen atoms in total. The summed E-state index contributed by atoms with van der Waals surface area (Å²) in [5.41, 5.74) is -0.781. The lowest BCUT2D eigenvalue weighted by Gasteiger charge is -2.46. The molecule has 0 atom stereocenters. The van der Waals surface area contributed by atoms with Crippen molar-refractivity contribution < 1.29 is 32.6 Å². The van der Waals surface area contributed by atoms with Crippen molar-refractivity contribution >= 4 is 22.0 Å². The van der Waals surface area contributed by atoms with Crippen molar-refractivity contribution in [3.05, 3.63) is 0 Å². The summed E-state index contributed by atoms with van der Waals surface area (Å²) < 4.78 is 34.2. The summed E-state index contributed by atoms with van der Waals surface area (Å²) in [7, 11) is -2.34. The molecule has 0 spiro atoms. The molecular formula is C10H17NO7S. The number of esters is 1. The number of hydrogen-bond donors (Lipinski definition) is 1. The van der Waals surface area contributed by atoms with Crippen molar-refractivity contribution in [2.75, 3.05) is 32.6 Å². The minimum absolute atomic E-state index is 0.0871. The molecule has 0 aliphatic carbocycles. The Kier molecular flexibility index (Phi) is 4.88. The first-order valence-electron chi connectivity index (χ1n) is 5.59. The number of sulfonamides is 1. The lowest BCUT2D eigenvalue weighted by molar-refractivity contribution is -0.157. The molecule has 1 aliphatic rings. The fourth-order valence-electron chi connectivity index (χ4n) is 1.67. The second kappa shape index (κ2) is 5.85. The van der Waals surface area contributed by atoms with Crippen LogP contribution in [0.5, 0.6) is 0 Å². The molecule has 0 aromatic carbocycles. The molecule has 0 bridgehead atoms. The van der Waals surface area contributed by atoms with Gasteiger partial charge in [-0.15, -0.1) is 0 Å². The minimum atomic E-state index is -3.53. The highest BCUT2D eigenvalue weighted by molar-refractivity contribution is 7.89. The van der Waals surface area contributed by atoms with Gasteiger partial charge in [-0.25, -0.2) is 13.2 Å². The van der Waals surface area contributed by atoms with Crippen LogP contribution in [0.25, 0.3) is 0 Å². The van der Waals surface area contributed by atoms with E-state index in [1.165, 1.54) is 7.11 Å². The van der Waals surface area contributed by atoms with Crippen LogP contribution in [0.2, 0.25) is 0 Å². The summed E-state index contributed by atoms with van der Waals surface area (Å²) in [5.74, 6) is -2.02. The van der Waals surface area contributed by atoms with Gasteiger partial charge in [0.1, 0.15) is 6.61 Å². The van der Waals surface area contributed by atoms with E-state index in [-0.39, 0.29) is 25.3 Å². The highest BCUT2D eigenvalue weighted by atomic mass is 32.2. The molecule has 1 aliphatic heterocycles. The van der Waals surface area contributed by atoms with E-state index in [1.54, 1.807) is 6.92 Å². The summed E-state index contributed by atoms with van der Waals surface area (Å²) in [6.07, 6.45) is -0.206. The average Bonchev–Trinajstić information content (AvgIpc) is 2.29.